The first kappa shape index (κ1) is 23.6. The van der Waals surface area contributed by atoms with E-state index >= 15 is 0 Å². The van der Waals surface area contributed by atoms with Gasteiger partial charge in [0.25, 0.3) is 0 Å². The van der Waals surface area contributed by atoms with Crippen molar-refractivity contribution in [3.05, 3.63) is 103 Å². The fourth-order valence-corrected chi connectivity index (χ4v) is 4.93. The minimum absolute atomic E-state index is 0.109. The van der Waals surface area contributed by atoms with Crippen LogP contribution in [0.4, 0.5) is 11.4 Å². The van der Waals surface area contributed by atoms with Crippen LogP contribution < -0.4 is 20.3 Å². The van der Waals surface area contributed by atoms with Gasteiger partial charge in [-0.15, -0.1) is 0 Å². The normalized spacial score (nSPS) is 17.1. The van der Waals surface area contributed by atoms with Crippen LogP contribution in [0, 0.1) is 0 Å². The topological polar surface area (TPSA) is 71.4 Å². The molecule has 0 aliphatic carbocycles. The molecule has 5 rings (SSSR count). The quantitative estimate of drug-likeness (QED) is 0.333. The van der Waals surface area contributed by atoms with Gasteiger partial charge in [0.15, 0.2) is 5.11 Å². The van der Waals surface area contributed by atoms with Crippen molar-refractivity contribution in [1.29, 1.82) is 0 Å². The first-order valence-electron chi connectivity index (χ1n) is 11.8. The molecule has 1 amide bonds. The number of carbonyl (C=O) groups is 1. The summed E-state index contributed by atoms with van der Waals surface area (Å²) >= 11 is 5.85. The number of ether oxygens (including phenoxy) is 1. The predicted octanol–water partition coefficient (Wildman–Crippen LogP) is 5.41. The Balaban J connectivity index is 1.58. The SMILES string of the molecule is CCOc1ccc(-n2cccc2C2C(c3ccccn3)NC(=S)N2c2ccc(NC(C)=O)cc2)cc1. The monoisotopic (exact) mass is 497 g/mol. The number of carbonyl (C=O) groups excluding carboxylic acids is 1. The van der Waals surface area contributed by atoms with Gasteiger partial charge >= 0.3 is 0 Å². The van der Waals surface area contributed by atoms with Crippen LogP contribution in [0.2, 0.25) is 0 Å². The highest BCUT2D eigenvalue weighted by Gasteiger charge is 2.42. The summed E-state index contributed by atoms with van der Waals surface area (Å²) in [4.78, 5) is 18.2. The van der Waals surface area contributed by atoms with Gasteiger partial charge in [0, 0.05) is 42.1 Å². The molecular weight excluding hydrogens is 470 g/mol. The zero-order valence-corrected chi connectivity index (χ0v) is 20.9. The van der Waals surface area contributed by atoms with Gasteiger partial charge in [-0.3, -0.25) is 9.78 Å². The fraction of sp³-hybridized carbons (Fsp3) is 0.179. The fourth-order valence-electron chi connectivity index (χ4n) is 4.58. The molecule has 1 saturated heterocycles. The van der Waals surface area contributed by atoms with E-state index < -0.39 is 0 Å². The second kappa shape index (κ2) is 10.2. The van der Waals surface area contributed by atoms with E-state index in [4.69, 9.17) is 17.0 Å². The van der Waals surface area contributed by atoms with E-state index in [0.717, 1.165) is 34.2 Å². The predicted molar refractivity (Wildman–Crippen MR) is 146 cm³/mol. The zero-order valence-electron chi connectivity index (χ0n) is 20.1. The smallest absolute Gasteiger partial charge is 0.221 e. The first-order chi connectivity index (χ1) is 17.5. The lowest BCUT2D eigenvalue weighted by atomic mass is 10.0. The molecule has 3 heterocycles. The summed E-state index contributed by atoms with van der Waals surface area (Å²) in [6.07, 6.45) is 3.85. The summed E-state index contributed by atoms with van der Waals surface area (Å²) < 4.78 is 7.80. The van der Waals surface area contributed by atoms with Crippen LogP contribution in [0.15, 0.2) is 91.3 Å². The number of hydrogen-bond acceptors (Lipinski definition) is 4. The van der Waals surface area contributed by atoms with E-state index in [0.29, 0.717) is 11.7 Å². The number of aromatic nitrogens is 2. The van der Waals surface area contributed by atoms with Crippen LogP contribution in [-0.2, 0) is 4.79 Å². The van der Waals surface area contributed by atoms with Crippen LogP contribution in [0.3, 0.4) is 0 Å². The standard InChI is InChI=1S/C28H27N5O2S/c1-3-35-23-15-13-21(14-16-23)32-18-6-8-25(32)27-26(24-7-4-5-17-29-24)31-28(36)33(27)22-11-9-20(10-12-22)30-19(2)34/h4-18,26-27H,3H2,1-2H3,(H,30,34)(H,31,36). The van der Waals surface area contributed by atoms with E-state index in [-0.39, 0.29) is 18.0 Å². The number of amides is 1. The Morgan fingerprint density at radius 1 is 1.03 bits per heavy atom. The van der Waals surface area contributed by atoms with Crippen LogP contribution in [0.25, 0.3) is 5.69 Å². The minimum Gasteiger partial charge on any atom is -0.494 e. The highest BCUT2D eigenvalue weighted by atomic mass is 32.1. The molecule has 2 atom stereocenters. The summed E-state index contributed by atoms with van der Waals surface area (Å²) in [6, 6.07) is 25.5. The molecule has 0 spiro atoms. The second-order valence-corrected chi connectivity index (χ2v) is 8.84. The van der Waals surface area contributed by atoms with Crippen LogP contribution >= 0.6 is 12.2 Å². The maximum absolute atomic E-state index is 11.5. The number of nitrogens with zero attached hydrogens (tertiary/aromatic N) is 3. The third kappa shape index (κ3) is 4.67. The maximum Gasteiger partial charge on any atom is 0.221 e. The van der Waals surface area contributed by atoms with Crippen molar-refractivity contribution in [3.8, 4) is 11.4 Å². The number of anilines is 2. The molecule has 1 fully saturated rings. The summed E-state index contributed by atoms with van der Waals surface area (Å²) in [7, 11) is 0. The minimum atomic E-state index is -0.166. The van der Waals surface area contributed by atoms with E-state index in [2.05, 4.69) is 49.5 Å². The average Bonchev–Trinajstić information content (AvgIpc) is 3.50. The summed E-state index contributed by atoms with van der Waals surface area (Å²) in [5.41, 5.74) is 4.65. The van der Waals surface area contributed by atoms with Gasteiger partial charge in [-0.25, -0.2) is 0 Å². The first-order valence-corrected chi connectivity index (χ1v) is 12.2. The van der Waals surface area contributed by atoms with Gasteiger partial charge in [0.05, 0.1) is 18.3 Å². The van der Waals surface area contributed by atoms with Crippen LogP contribution in [0.1, 0.15) is 37.3 Å². The highest BCUT2D eigenvalue weighted by molar-refractivity contribution is 7.80. The number of pyridine rings is 1. The number of hydrogen-bond donors (Lipinski definition) is 2. The molecule has 36 heavy (non-hydrogen) atoms. The Bertz CT molecular complexity index is 1350. The lowest BCUT2D eigenvalue weighted by Crippen LogP contribution is -2.30. The Morgan fingerprint density at radius 3 is 2.44 bits per heavy atom. The van der Waals surface area contributed by atoms with Crippen LogP contribution in [-0.4, -0.2) is 27.2 Å². The van der Waals surface area contributed by atoms with Crippen LogP contribution in [0.5, 0.6) is 5.75 Å². The third-order valence-electron chi connectivity index (χ3n) is 6.07. The lowest BCUT2D eigenvalue weighted by molar-refractivity contribution is -0.114. The Morgan fingerprint density at radius 2 is 1.78 bits per heavy atom. The van der Waals surface area contributed by atoms with Gasteiger partial charge in [-0.1, -0.05) is 6.07 Å². The Labute approximate surface area is 215 Å². The molecular formula is C28H27N5O2S. The molecule has 7 nitrogen and oxygen atoms in total. The van der Waals surface area contributed by atoms with Crippen molar-refractivity contribution in [2.45, 2.75) is 25.9 Å². The van der Waals surface area contributed by atoms with Crippen molar-refractivity contribution in [2.24, 2.45) is 0 Å². The van der Waals surface area contributed by atoms with E-state index in [9.17, 15) is 4.79 Å². The highest BCUT2D eigenvalue weighted by Crippen LogP contribution is 2.42. The average molecular weight is 498 g/mol. The molecule has 8 heteroatoms. The zero-order chi connectivity index (χ0) is 25.1. The molecule has 0 bridgehead atoms. The second-order valence-electron chi connectivity index (χ2n) is 8.45. The number of thiocarbonyl (C=S) groups is 1. The molecule has 182 valence electrons. The summed E-state index contributed by atoms with van der Waals surface area (Å²) in [5.74, 6) is 0.730. The van der Waals surface area contributed by atoms with Gasteiger partial charge in [0.2, 0.25) is 5.91 Å². The summed E-state index contributed by atoms with van der Waals surface area (Å²) in [6.45, 7) is 4.10. The largest absolute Gasteiger partial charge is 0.494 e. The molecule has 2 aromatic heterocycles. The molecule has 0 saturated carbocycles. The van der Waals surface area contributed by atoms with Gasteiger partial charge < -0.3 is 24.8 Å². The van der Waals surface area contributed by atoms with E-state index in [1.54, 1.807) is 6.20 Å². The number of rotatable bonds is 7. The molecule has 2 aromatic carbocycles. The molecule has 0 radical (unpaired) electrons. The molecule has 2 unspecified atom stereocenters. The van der Waals surface area contributed by atoms with Gasteiger partial charge in [0.1, 0.15) is 11.8 Å². The van der Waals surface area contributed by atoms with Crippen molar-refractivity contribution in [1.82, 2.24) is 14.9 Å². The van der Waals surface area contributed by atoms with E-state index in [1.807, 2.05) is 67.6 Å². The van der Waals surface area contributed by atoms with Crippen molar-refractivity contribution in [3.63, 3.8) is 0 Å². The molecule has 2 N–H and O–H groups in total. The maximum atomic E-state index is 11.5. The van der Waals surface area contributed by atoms with Gasteiger partial charge in [-0.05, 0) is 91.9 Å². The summed E-state index contributed by atoms with van der Waals surface area (Å²) in [5, 5.41) is 6.93. The molecule has 1 aliphatic rings. The Hall–Kier alpha value is -4.17. The number of benzene rings is 2. The lowest BCUT2D eigenvalue weighted by Gasteiger charge is -2.29. The third-order valence-corrected chi connectivity index (χ3v) is 6.39. The molecule has 1 aliphatic heterocycles. The van der Waals surface area contributed by atoms with Crippen molar-refractivity contribution in [2.75, 3.05) is 16.8 Å². The Kier molecular flexibility index (Phi) is 6.69. The van der Waals surface area contributed by atoms with Gasteiger partial charge in [-0.2, -0.15) is 0 Å². The van der Waals surface area contributed by atoms with Crippen molar-refractivity contribution < 1.29 is 9.53 Å². The molecule has 4 aromatic rings. The van der Waals surface area contributed by atoms with E-state index in [1.165, 1.54) is 6.92 Å². The van der Waals surface area contributed by atoms with Crippen molar-refractivity contribution >= 4 is 34.6 Å². The number of nitrogens with one attached hydrogen (secondary N) is 2.